The Hall–Kier alpha value is -12.2. The van der Waals surface area contributed by atoms with Gasteiger partial charge in [-0.3, -0.25) is 19.2 Å². The van der Waals surface area contributed by atoms with Gasteiger partial charge in [0.15, 0.2) is 23.1 Å². The third-order valence-corrected chi connectivity index (χ3v) is 31.3. The van der Waals surface area contributed by atoms with E-state index in [4.69, 9.17) is 30.4 Å². The van der Waals surface area contributed by atoms with Crippen LogP contribution in [-0.2, 0) is 99.6 Å². The van der Waals surface area contributed by atoms with Crippen LogP contribution in [0.15, 0.2) is 327 Å². The number of pyridine rings is 6. The molecule has 18 nitrogen and oxygen atoms in total. The molecule has 18 heterocycles. The van der Waals surface area contributed by atoms with Crippen molar-refractivity contribution >= 4 is 251 Å². The topological polar surface area (TPSA) is 244 Å². The van der Waals surface area contributed by atoms with Crippen LogP contribution < -0.4 is 0 Å². The van der Waals surface area contributed by atoms with E-state index in [9.17, 15) is 19.2 Å². The number of ketones is 4. The van der Waals surface area contributed by atoms with Crippen molar-refractivity contribution in [2.75, 3.05) is 0 Å². The minimum absolute atomic E-state index is 0. The van der Waals surface area contributed by atoms with Crippen LogP contribution in [0.4, 0.5) is 0 Å². The predicted octanol–water partition coefficient (Wildman–Crippen LogP) is 24.3. The van der Waals surface area contributed by atoms with Crippen molar-refractivity contribution in [3.8, 4) is 40.5 Å². The molecular formula is C110H78Ir4N10O8Se4-4. The summed E-state index contributed by atoms with van der Waals surface area (Å²) in [5.74, 6) is -0.250. The Morgan fingerprint density at radius 3 is 0.846 bits per heavy atom. The quantitative estimate of drug-likeness (QED) is 0.0479. The number of benzene rings is 8. The zero-order valence-corrected chi connectivity index (χ0v) is 90.2. The summed E-state index contributed by atoms with van der Waals surface area (Å²) in [4.78, 5) is 67.9. The molecule has 0 unspecified atom stereocenters. The van der Waals surface area contributed by atoms with Gasteiger partial charge in [0.05, 0.1) is 23.0 Å². The average molecular weight is 2750 g/mol. The van der Waals surface area contributed by atoms with Gasteiger partial charge in [-0.2, -0.15) is 0 Å². The molecule has 18 aromatic heterocycles. The predicted molar refractivity (Wildman–Crippen MR) is 539 cm³/mol. The van der Waals surface area contributed by atoms with Gasteiger partial charge >= 0.3 is 620 Å². The Labute approximate surface area is 856 Å². The van der Waals surface area contributed by atoms with Crippen molar-refractivity contribution in [3.05, 3.63) is 351 Å². The summed E-state index contributed by atoms with van der Waals surface area (Å²) in [6.45, 7) is 11.4. The number of fused-ring (bicyclic) bond motifs is 26. The number of carbonyl (C=O) groups excluding carboxylic acids is 4. The molecule has 8 aromatic carbocycles. The minimum atomic E-state index is -0.125. The molecule has 26 heteroatoms. The van der Waals surface area contributed by atoms with Crippen molar-refractivity contribution in [1.29, 1.82) is 0 Å². The first kappa shape index (κ1) is 98.3. The molecule has 0 aliphatic rings. The molecule has 0 saturated carbocycles. The molecule has 0 spiro atoms. The van der Waals surface area contributed by atoms with Crippen molar-refractivity contribution in [2.24, 2.45) is 0 Å². The van der Waals surface area contributed by atoms with Gasteiger partial charge in [0.1, 0.15) is 0 Å². The molecule has 0 amide bonds. The molecule has 0 bridgehead atoms. The Kier molecular flexibility index (Phi) is 30.5. The average Bonchev–Trinajstić information content (AvgIpc) is 1.55. The Bertz CT molecular complexity index is 8480. The third-order valence-electron chi connectivity index (χ3n) is 22.2. The standard InChI is InChI=1S/C25H13N2Se.C24H12N3Se.C21H11N2Se.C20H10N3Se.4C5H8O2.4Ir/c1-2-7-16-15(6-1)12-13-26-23(16)22-14-20-19-10-5-9-18-17-8-3-4-11-21(17)27(24(18)19)25(20)28-22;1-2-6-15-14(5-1)9-11-25-21(15)20-13-18-16-10-12-26-22-17-7-3-4-8-19(17)27(23(16)22)24(18)28-20;1-2-10-18-13(6-1)14-7-5-8-15-16-12-19(17-9-3-4-11-22-17)24-21(16)23(18)20(14)15;1-2-7-16-13(5-1)18-19-12(8-10-22-18)14-11-17(24-20(14)23(16)19)15-6-3-4-9-21-15;4*1-4(6)3-5(2)7;;;;/h1-13H;1-12H;1-11H;1-10H;4*3,6H,1-2H3;;;;/q4*-1;;;;;;;;. The number of aliphatic hydroxyl groups excluding tert-OH is 4. The molecule has 0 aliphatic heterocycles. The van der Waals surface area contributed by atoms with Crippen LogP contribution in [0.5, 0.6) is 0 Å². The van der Waals surface area contributed by atoms with Crippen LogP contribution in [-0.4, -0.2) is 149 Å². The summed E-state index contributed by atoms with van der Waals surface area (Å²) in [7, 11) is 0. The van der Waals surface area contributed by atoms with E-state index in [2.05, 4.69) is 280 Å². The van der Waals surface area contributed by atoms with E-state index < -0.39 is 0 Å². The van der Waals surface area contributed by atoms with Crippen LogP contribution in [0.1, 0.15) is 55.4 Å². The zero-order valence-electron chi connectivity index (χ0n) is 73.7. The van der Waals surface area contributed by atoms with E-state index in [0.29, 0.717) is 0 Å². The number of rotatable bonds is 8. The Morgan fingerprint density at radius 2 is 0.522 bits per heavy atom. The Balaban J connectivity index is 0.000000125. The van der Waals surface area contributed by atoms with Gasteiger partial charge in [-0.05, 0) is 55.4 Å². The van der Waals surface area contributed by atoms with Crippen molar-refractivity contribution in [2.45, 2.75) is 55.4 Å². The molecule has 0 saturated heterocycles. The van der Waals surface area contributed by atoms with Crippen molar-refractivity contribution in [3.63, 3.8) is 0 Å². The van der Waals surface area contributed by atoms with Gasteiger partial charge in [-0.1, -0.05) is 0 Å². The molecule has 680 valence electrons. The monoisotopic (exact) mass is 2760 g/mol. The van der Waals surface area contributed by atoms with Crippen LogP contribution >= 0.6 is 0 Å². The maximum atomic E-state index is 10.0. The number of allylic oxidation sites excluding steroid dienone is 8. The number of nitrogens with zero attached hydrogens (tertiary/aromatic N) is 10. The molecule has 136 heavy (non-hydrogen) atoms. The molecule has 4 radical (unpaired) electrons. The number of hydrogen-bond acceptors (Lipinski definition) is 14. The van der Waals surface area contributed by atoms with Crippen LogP contribution in [0.2, 0.25) is 0 Å². The van der Waals surface area contributed by atoms with E-state index in [1.54, 1.807) is 0 Å². The van der Waals surface area contributed by atoms with E-state index >= 15 is 0 Å². The normalized spacial score (nSPS) is 11.7. The first-order valence-electron chi connectivity index (χ1n) is 42.2. The fraction of sp³-hybridized carbons (Fsp3) is 0.0727. The van der Waals surface area contributed by atoms with Crippen molar-refractivity contribution in [1.82, 2.24) is 47.5 Å². The van der Waals surface area contributed by atoms with E-state index in [-0.39, 0.29) is 185 Å². The fourth-order valence-corrected chi connectivity index (χ4v) is 26.9. The number of para-hydroxylation sites is 6. The third kappa shape index (κ3) is 19.0. The van der Waals surface area contributed by atoms with Gasteiger partial charge < -0.3 is 20.4 Å². The number of carbonyl (C=O) groups is 4. The summed E-state index contributed by atoms with van der Waals surface area (Å²) in [5, 5.41) is 56.2. The Morgan fingerprint density at radius 1 is 0.257 bits per heavy atom. The molecule has 26 aromatic rings. The van der Waals surface area contributed by atoms with E-state index in [1.807, 2.05) is 61.4 Å². The first-order chi connectivity index (χ1) is 64.1. The fourth-order valence-electron chi connectivity index (χ4n) is 17.4. The molecular weight excluding hydrogens is 2670 g/mol. The summed E-state index contributed by atoms with van der Waals surface area (Å²) in [6.07, 6.45) is 16.0. The SMILES string of the molecule is CC(=O)C=C(C)O.CC(=O)C=C(C)O.CC(=O)C=C(C)O.CC(=O)C=C(C)O.[Ir].[Ir].[Ir].[Ir].[c-]1c(-c2ccccn2)[se]c2c1c1cccc3c4ccccc4n2c13.[c-]1c(-c2ccccn2)[se]c2c1c1ccnc3c4ccccc4n2c13.[c-]1c(-c2nccc3ccccc23)[se]c2c1c1cccc3c4ccccc4n2c13.[c-]1c(-c2nccc3ccccc23)[se]c2c1c1ccnc3c4ccccc4n2c13. The van der Waals surface area contributed by atoms with Gasteiger partial charge in [-0.25, -0.2) is 0 Å². The van der Waals surface area contributed by atoms with Crippen molar-refractivity contribution < 1.29 is 120 Å². The first-order valence-corrected chi connectivity index (χ1v) is 49.1. The van der Waals surface area contributed by atoms with Crippen LogP contribution in [0.3, 0.4) is 0 Å². The summed E-state index contributed by atoms with van der Waals surface area (Å²) >= 11 is 0.718. The molecule has 4 N–H and O–H groups in total. The number of hydrogen-bond donors (Lipinski definition) is 4. The zero-order chi connectivity index (χ0) is 91.3. The van der Waals surface area contributed by atoms with Crippen LogP contribution in [0.25, 0.3) is 210 Å². The van der Waals surface area contributed by atoms with Crippen LogP contribution in [0, 0.1) is 24.3 Å². The van der Waals surface area contributed by atoms with Gasteiger partial charge in [0.2, 0.25) is 0 Å². The second kappa shape index (κ2) is 42.2. The number of aliphatic hydroxyl groups is 4. The summed E-state index contributed by atoms with van der Waals surface area (Å²) in [5.41, 5.74) is 16.6. The second-order valence-corrected chi connectivity index (χ2v) is 40.0. The van der Waals surface area contributed by atoms with E-state index in [1.165, 1.54) is 256 Å². The number of aromatic nitrogens is 10. The molecule has 26 rings (SSSR count). The maximum absolute atomic E-state index is 10.0. The molecule has 0 fully saturated rings. The molecule has 0 atom stereocenters. The molecule has 0 aliphatic carbocycles. The van der Waals surface area contributed by atoms with Gasteiger partial charge in [0, 0.05) is 105 Å². The van der Waals surface area contributed by atoms with Gasteiger partial charge in [-0.15, -0.1) is 0 Å². The second-order valence-electron chi connectivity index (χ2n) is 31.6. The van der Waals surface area contributed by atoms with Gasteiger partial charge in [0.25, 0.3) is 0 Å². The summed E-state index contributed by atoms with van der Waals surface area (Å²) < 4.78 is 20.2. The summed E-state index contributed by atoms with van der Waals surface area (Å²) in [6, 6.07) is 100. The van der Waals surface area contributed by atoms with E-state index in [0.717, 1.165) is 33.8 Å².